The third-order valence-electron chi connectivity index (χ3n) is 4.08. The summed E-state index contributed by atoms with van der Waals surface area (Å²) in [7, 11) is 1.46. The molecule has 1 unspecified atom stereocenters. The SMILES string of the molecule is COC(=O)C1CCCN(Cc2ccc3ccccc3n2)C1. The van der Waals surface area contributed by atoms with Crippen LogP contribution >= 0.6 is 0 Å². The summed E-state index contributed by atoms with van der Waals surface area (Å²) < 4.78 is 4.86. The number of carbonyl (C=O) groups is 1. The molecule has 110 valence electrons. The van der Waals surface area contributed by atoms with E-state index in [9.17, 15) is 4.79 Å². The average molecular weight is 284 g/mol. The van der Waals surface area contributed by atoms with Gasteiger partial charge in [0.05, 0.1) is 24.2 Å². The number of hydrogen-bond donors (Lipinski definition) is 0. The summed E-state index contributed by atoms with van der Waals surface area (Å²) in [5.41, 5.74) is 2.08. The van der Waals surface area contributed by atoms with Crippen LogP contribution in [0, 0.1) is 5.92 Å². The minimum absolute atomic E-state index is 0.00389. The molecule has 1 saturated heterocycles. The van der Waals surface area contributed by atoms with Crippen molar-refractivity contribution >= 4 is 16.9 Å². The lowest BCUT2D eigenvalue weighted by Gasteiger charge is -2.30. The maximum atomic E-state index is 11.7. The third kappa shape index (κ3) is 3.22. The van der Waals surface area contributed by atoms with Crippen LogP contribution in [0.15, 0.2) is 36.4 Å². The number of esters is 1. The van der Waals surface area contributed by atoms with Crippen LogP contribution in [0.1, 0.15) is 18.5 Å². The Labute approximate surface area is 124 Å². The van der Waals surface area contributed by atoms with E-state index in [2.05, 4.69) is 23.1 Å². The van der Waals surface area contributed by atoms with E-state index in [-0.39, 0.29) is 11.9 Å². The molecule has 0 amide bonds. The molecule has 1 aromatic heterocycles. The van der Waals surface area contributed by atoms with Gasteiger partial charge >= 0.3 is 5.97 Å². The molecule has 3 rings (SSSR count). The Bertz CT molecular complexity index is 641. The van der Waals surface area contributed by atoms with E-state index in [0.29, 0.717) is 0 Å². The molecule has 0 aliphatic carbocycles. The van der Waals surface area contributed by atoms with E-state index in [1.807, 2.05) is 18.2 Å². The van der Waals surface area contributed by atoms with Gasteiger partial charge in [0.1, 0.15) is 0 Å². The molecule has 0 N–H and O–H groups in total. The van der Waals surface area contributed by atoms with Crippen molar-refractivity contribution in [1.29, 1.82) is 0 Å². The van der Waals surface area contributed by atoms with Gasteiger partial charge in [0, 0.05) is 18.5 Å². The van der Waals surface area contributed by atoms with Gasteiger partial charge in [-0.15, -0.1) is 0 Å². The number of hydrogen-bond acceptors (Lipinski definition) is 4. The van der Waals surface area contributed by atoms with Gasteiger partial charge in [0.15, 0.2) is 0 Å². The molecular formula is C17H20N2O2. The van der Waals surface area contributed by atoms with Crippen molar-refractivity contribution in [1.82, 2.24) is 9.88 Å². The van der Waals surface area contributed by atoms with Gasteiger partial charge in [0.25, 0.3) is 0 Å². The first kappa shape index (κ1) is 14.0. The average Bonchev–Trinajstić information content (AvgIpc) is 2.54. The van der Waals surface area contributed by atoms with E-state index in [1.54, 1.807) is 0 Å². The molecular weight excluding hydrogens is 264 g/mol. The predicted octanol–water partition coefficient (Wildman–Crippen LogP) is 2.62. The molecule has 1 fully saturated rings. The van der Waals surface area contributed by atoms with Crippen molar-refractivity contribution in [3.05, 3.63) is 42.1 Å². The highest BCUT2D eigenvalue weighted by Crippen LogP contribution is 2.20. The minimum atomic E-state index is -0.0915. The summed E-state index contributed by atoms with van der Waals surface area (Å²) >= 11 is 0. The van der Waals surface area contributed by atoms with Crippen LogP contribution < -0.4 is 0 Å². The number of ether oxygens (including phenoxy) is 1. The maximum absolute atomic E-state index is 11.7. The molecule has 4 heteroatoms. The number of fused-ring (bicyclic) bond motifs is 1. The summed E-state index contributed by atoms with van der Waals surface area (Å²) in [5, 5.41) is 1.16. The summed E-state index contributed by atoms with van der Waals surface area (Å²) in [6.07, 6.45) is 1.96. The first-order valence-corrected chi connectivity index (χ1v) is 7.41. The Hall–Kier alpha value is -1.94. The molecule has 21 heavy (non-hydrogen) atoms. The van der Waals surface area contributed by atoms with Gasteiger partial charge < -0.3 is 4.74 Å². The van der Waals surface area contributed by atoms with Crippen LogP contribution in [0.4, 0.5) is 0 Å². The normalized spacial score (nSPS) is 19.6. The molecule has 0 bridgehead atoms. The smallest absolute Gasteiger partial charge is 0.309 e. The zero-order valence-electron chi connectivity index (χ0n) is 12.3. The number of aromatic nitrogens is 1. The minimum Gasteiger partial charge on any atom is -0.469 e. The number of para-hydroxylation sites is 1. The number of methoxy groups -OCH3 is 1. The predicted molar refractivity (Wildman–Crippen MR) is 81.8 cm³/mol. The largest absolute Gasteiger partial charge is 0.469 e. The highest BCUT2D eigenvalue weighted by Gasteiger charge is 2.26. The van der Waals surface area contributed by atoms with Crippen molar-refractivity contribution in [2.45, 2.75) is 19.4 Å². The van der Waals surface area contributed by atoms with Crippen molar-refractivity contribution in [3.8, 4) is 0 Å². The van der Waals surface area contributed by atoms with Gasteiger partial charge in [0.2, 0.25) is 0 Å². The first-order chi connectivity index (χ1) is 10.3. The molecule has 1 aliphatic heterocycles. The monoisotopic (exact) mass is 284 g/mol. The number of benzene rings is 1. The van der Waals surface area contributed by atoms with Crippen LogP contribution in [0.5, 0.6) is 0 Å². The Morgan fingerprint density at radius 1 is 1.33 bits per heavy atom. The van der Waals surface area contributed by atoms with Crippen molar-refractivity contribution in [2.24, 2.45) is 5.92 Å². The van der Waals surface area contributed by atoms with E-state index >= 15 is 0 Å². The molecule has 1 aliphatic rings. The Morgan fingerprint density at radius 2 is 2.19 bits per heavy atom. The van der Waals surface area contributed by atoms with Crippen LogP contribution in [-0.4, -0.2) is 36.1 Å². The lowest BCUT2D eigenvalue weighted by Crippen LogP contribution is -2.38. The maximum Gasteiger partial charge on any atom is 0.309 e. The van der Waals surface area contributed by atoms with Gasteiger partial charge in [-0.3, -0.25) is 14.7 Å². The molecule has 1 aromatic carbocycles. The number of likely N-dealkylation sites (tertiary alicyclic amines) is 1. The zero-order valence-corrected chi connectivity index (χ0v) is 12.3. The fourth-order valence-corrected chi connectivity index (χ4v) is 2.98. The van der Waals surface area contributed by atoms with Gasteiger partial charge in [-0.1, -0.05) is 24.3 Å². The summed E-state index contributed by atoms with van der Waals surface area (Å²) in [5.74, 6) is -0.0876. The fraction of sp³-hybridized carbons (Fsp3) is 0.412. The highest BCUT2D eigenvalue weighted by atomic mass is 16.5. The van der Waals surface area contributed by atoms with Gasteiger partial charge in [-0.25, -0.2) is 0 Å². The Morgan fingerprint density at radius 3 is 3.05 bits per heavy atom. The Balaban J connectivity index is 1.71. The van der Waals surface area contributed by atoms with Gasteiger partial charge in [-0.2, -0.15) is 0 Å². The van der Waals surface area contributed by atoms with Crippen molar-refractivity contribution in [2.75, 3.05) is 20.2 Å². The molecule has 2 heterocycles. The van der Waals surface area contributed by atoms with Crippen LogP contribution in [0.2, 0.25) is 0 Å². The molecule has 0 saturated carbocycles. The topological polar surface area (TPSA) is 42.4 Å². The quantitative estimate of drug-likeness (QED) is 0.813. The van der Waals surface area contributed by atoms with E-state index in [0.717, 1.165) is 49.1 Å². The lowest BCUT2D eigenvalue weighted by atomic mass is 9.98. The lowest BCUT2D eigenvalue weighted by molar-refractivity contribution is -0.147. The van der Waals surface area contributed by atoms with Crippen LogP contribution in [0.25, 0.3) is 10.9 Å². The van der Waals surface area contributed by atoms with Crippen LogP contribution in [0.3, 0.4) is 0 Å². The molecule has 0 spiro atoms. The Kier molecular flexibility index (Phi) is 4.15. The summed E-state index contributed by atoms with van der Waals surface area (Å²) in [4.78, 5) is 18.7. The summed E-state index contributed by atoms with van der Waals surface area (Å²) in [6.45, 7) is 2.57. The number of pyridine rings is 1. The standard InChI is InChI=1S/C17H20N2O2/c1-21-17(20)14-6-4-10-19(11-14)12-15-9-8-13-5-2-3-7-16(13)18-15/h2-3,5,7-9,14H,4,6,10-12H2,1H3. The number of carbonyl (C=O) groups excluding carboxylic acids is 1. The third-order valence-corrected chi connectivity index (χ3v) is 4.08. The van der Waals surface area contributed by atoms with Crippen LogP contribution in [-0.2, 0) is 16.1 Å². The van der Waals surface area contributed by atoms with E-state index in [1.165, 1.54) is 7.11 Å². The first-order valence-electron chi connectivity index (χ1n) is 7.41. The van der Waals surface area contributed by atoms with Crippen molar-refractivity contribution < 1.29 is 9.53 Å². The second kappa shape index (κ2) is 6.22. The molecule has 1 atom stereocenters. The molecule has 4 nitrogen and oxygen atoms in total. The second-order valence-electron chi connectivity index (χ2n) is 5.59. The fourth-order valence-electron chi connectivity index (χ4n) is 2.98. The number of piperidine rings is 1. The summed E-state index contributed by atoms with van der Waals surface area (Å²) in [6, 6.07) is 12.3. The van der Waals surface area contributed by atoms with E-state index < -0.39 is 0 Å². The van der Waals surface area contributed by atoms with Crippen molar-refractivity contribution in [3.63, 3.8) is 0 Å². The number of nitrogens with zero attached hydrogens (tertiary/aromatic N) is 2. The highest BCUT2D eigenvalue weighted by molar-refractivity contribution is 5.78. The number of rotatable bonds is 3. The van der Waals surface area contributed by atoms with Gasteiger partial charge in [-0.05, 0) is 31.5 Å². The van der Waals surface area contributed by atoms with E-state index in [4.69, 9.17) is 9.72 Å². The second-order valence-corrected chi connectivity index (χ2v) is 5.59. The molecule has 0 radical (unpaired) electrons. The zero-order chi connectivity index (χ0) is 14.7. The molecule has 2 aromatic rings.